The number of aromatic carboxylic acids is 1. The van der Waals surface area contributed by atoms with Crippen LogP contribution < -0.4 is 14.8 Å². The van der Waals surface area contributed by atoms with Crippen molar-refractivity contribution in [2.24, 2.45) is 0 Å². The Kier molecular flexibility index (Phi) is 5.63. The Morgan fingerprint density at radius 1 is 1.15 bits per heavy atom. The van der Waals surface area contributed by atoms with Gasteiger partial charge in [0.15, 0.2) is 11.5 Å². The van der Waals surface area contributed by atoms with E-state index in [0.29, 0.717) is 0 Å². The van der Waals surface area contributed by atoms with Gasteiger partial charge < -0.3 is 19.9 Å². The molecule has 9 nitrogen and oxygen atoms in total. The summed E-state index contributed by atoms with van der Waals surface area (Å²) >= 11 is 5.97. The van der Waals surface area contributed by atoms with Crippen LogP contribution in [0.3, 0.4) is 0 Å². The Hall–Kier alpha value is -3.33. The number of nitro benzene ring substituents is 1. The molecule has 136 valence electrons. The first-order valence-corrected chi connectivity index (χ1v) is 7.41. The molecule has 0 atom stereocenters. The number of carbonyl (C=O) groups excluding carboxylic acids is 1. The van der Waals surface area contributed by atoms with Gasteiger partial charge in [0, 0.05) is 11.6 Å². The zero-order valence-corrected chi connectivity index (χ0v) is 14.4. The van der Waals surface area contributed by atoms with Crippen molar-refractivity contribution >= 4 is 34.9 Å². The topological polar surface area (TPSA) is 128 Å². The smallest absolute Gasteiger partial charge is 0.335 e. The number of nitrogens with one attached hydrogen (secondary N) is 1. The average molecular weight is 381 g/mol. The fraction of sp³-hybridized carbons (Fsp3) is 0.125. The van der Waals surface area contributed by atoms with Gasteiger partial charge in [-0.2, -0.15) is 0 Å². The van der Waals surface area contributed by atoms with E-state index in [-0.39, 0.29) is 39.0 Å². The van der Waals surface area contributed by atoms with Crippen LogP contribution in [0.15, 0.2) is 30.3 Å². The minimum Gasteiger partial charge on any atom is -0.493 e. The highest BCUT2D eigenvalue weighted by molar-refractivity contribution is 6.33. The Morgan fingerprint density at radius 2 is 1.85 bits per heavy atom. The van der Waals surface area contributed by atoms with Crippen molar-refractivity contribution in [1.82, 2.24) is 0 Å². The number of halogens is 1. The highest BCUT2D eigenvalue weighted by Gasteiger charge is 2.20. The first-order chi connectivity index (χ1) is 12.3. The number of amides is 1. The molecule has 10 heteroatoms. The highest BCUT2D eigenvalue weighted by atomic mass is 35.5. The van der Waals surface area contributed by atoms with E-state index in [9.17, 15) is 19.7 Å². The van der Waals surface area contributed by atoms with Gasteiger partial charge in [-0.3, -0.25) is 14.9 Å². The van der Waals surface area contributed by atoms with Gasteiger partial charge in [0.2, 0.25) is 0 Å². The summed E-state index contributed by atoms with van der Waals surface area (Å²) in [4.78, 5) is 34.0. The minimum absolute atomic E-state index is 0.0000459. The number of rotatable bonds is 6. The molecule has 0 spiro atoms. The Bertz CT molecular complexity index is 898. The number of ether oxygens (including phenoxy) is 2. The van der Waals surface area contributed by atoms with E-state index in [2.05, 4.69) is 5.32 Å². The molecule has 0 heterocycles. The molecule has 0 aromatic heterocycles. The van der Waals surface area contributed by atoms with Gasteiger partial charge in [0.25, 0.3) is 5.91 Å². The van der Waals surface area contributed by atoms with E-state index in [1.165, 1.54) is 38.5 Å². The molecule has 1 amide bonds. The average Bonchev–Trinajstić information content (AvgIpc) is 2.60. The van der Waals surface area contributed by atoms with E-state index in [1.807, 2.05) is 0 Å². The Morgan fingerprint density at radius 3 is 2.38 bits per heavy atom. The predicted molar refractivity (Wildman–Crippen MR) is 92.6 cm³/mol. The first kappa shape index (κ1) is 19.0. The highest BCUT2D eigenvalue weighted by Crippen LogP contribution is 2.35. The van der Waals surface area contributed by atoms with Crippen molar-refractivity contribution in [2.45, 2.75) is 0 Å². The van der Waals surface area contributed by atoms with Gasteiger partial charge in [-0.15, -0.1) is 0 Å². The van der Waals surface area contributed by atoms with Crippen molar-refractivity contribution in [3.8, 4) is 11.5 Å². The lowest BCUT2D eigenvalue weighted by Crippen LogP contribution is -2.14. The number of nitrogens with zero attached hydrogens (tertiary/aromatic N) is 1. The number of nitro groups is 1. The van der Waals surface area contributed by atoms with Crippen molar-refractivity contribution in [3.05, 3.63) is 56.6 Å². The van der Waals surface area contributed by atoms with E-state index < -0.39 is 16.8 Å². The van der Waals surface area contributed by atoms with Crippen LogP contribution in [-0.4, -0.2) is 36.1 Å². The molecule has 2 N–H and O–H groups in total. The van der Waals surface area contributed by atoms with Gasteiger partial charge in [-0.25, -0.2) is 4.79 Å². The van der Waals surface area contributed by atoms with Crippen molar-refractivity contribution < 1.29 is 29.1 Å². The summed E-state index contributed by atoms with van der Waals surface area (Å²) in [6.45, 7) is 0. The van der Waals surface area contributed by atoms with E-state index in [4.69, 9.17) is 26.2 Å². The molecule has 0 radical (unpaired) electrons. The van der Waals surface area contributed by atoms with Crippen LogP contribution in [0.1, 0.15) is 20.7 Å². The fourth-order valence-corrected chi connectivity index (χ4v) is 2.48. The lowest BCUT2D eigenvalue weighted by Gasteiger charge is -2.13. The standard InChI is InChI=1S/C16H13ClN2O7/c1-25-13-4-3-8(7-12(13)19(23)24)15(20)18-11-6-9(16(21)22)5-10(17)14(11)26-2/h3-7H,1-2H3,(H,18,20)(H,21,22). The summed E-state index contributed by atoms with van der Waals surface area (Å²) in [5.41, 5.74) is -0.562. The van der Waals surface area contributed by atoms with Crippen molar-refractivity contribution in [1.29, 1.82) is 0 Å². The molecule has 0 fully saturated rings. The number of hydrogen-bond acceptors (Lipinski definition) is 6. The summed E-state index contributed by atoms with van der Waals surface area (Å²) in [5.74, 6) is -1.90. The van der Waals surface area contributed by atoms with Crippen LogP contribution in [0.25, 0.3) is 0 Å². The molecule has 0 saturated carbocycles. The second-order valence-corrected chi connectivity index (χ2v) is 5.35. The van der Waals surface area contributed by atoms with Crippen LogP contribution in [0.4, 0.5) is 11.4 Å². The first-order valence-electron chi connectivity index (χ1n) is 7.03. The summed E-state index contributed by atoms with van der Waals surface area (Å²) in [6, 6.07) is 6.00. The third-order valence-electron chi connectivity index (χ3n) is 3.38. The molecule has 2 aromatic rings. The zero-order valence-electron chi connectivity index (χ0n) is 13.6. The van der Waals surface area contributed by atoms with E-state index in [1.54, 1.807) is 0 Å². The molecule has 0 aliphatic heterocycles. The number of methoxy groups -OCH3 is 2. The lowest BCUT2D eigenvalue weighted by atomic mass is 10.1. The van der Waals surface area contributed by atoms with Gasteiger partial charge in [0.05, 0.1) is 35.4 Å². The number of carbonyl (C=O) groups is 2. The monoisotopic (exact) mass is 380 g/mol. The number of carboxylic acids is 1. The van der Waals surface area contributed by atoms with Crippen LogP contribution in [-0.2, 0) is 0 Å². The Balaban J connectivity index is 2.43. The SMILES string of the molecule is COc1ccc(C(=O)Nc2cc(C(=O)O)cc(Cl)c2OC)cc1[N+](=O)[O-]. The van der Waals surface area contributed by atoms with E-state index in [0.717, 1.165) is 6.07 Å². The molecular formula is C16H13ClN2O7. The number of carboxylic acid groups (broad SMARTS) is 1. The quantitative estimate of drug-likeness (QED) is 0.581. The van der Waals surface area contributed by atoms with Gasteiger partial charge in [0.1, 0.15) is 0 Å². The van der Waals surface area contributed by atoms with Gasteiger partial charge in [-0.05, 0) is 24.3 Å². The molecule has 0 bridgehead atoms. The summed E-state index contributed by atoms with van der Waals surface area (Å²) in [5, 5.41) is 22.6. The Labute approximate surface area is 152 Å². The van der Waals surface area contributed by atoms with Crippen LogP contribution in [0.2, 0.25) is 5.02 Å². The fourth-order valence-electron chi connectivity index (χ4n) is 2.19. The van der Waals surface area contributed by atoms with Gasteiger partial charge >= 0.3 is 11.7 Å². The van der Waals surface area contributed by atoms with Crippen LogP contribution >= 0.6 is 11.6 Å². The summed E-state index contributed by atoms with van der Waals surface area (Å²) in [7, 11) is 2.57. The molecule has 26 heavy (non-hydrogen) atoms. The molecular weight excluding hydrogens is 368 g/mol. The number of anilines is 1. The molecule has 0 unspecified atom stereocenters. The second kappa shape index (κ2) is 7.70. The van der Waals surface area contributed by atoms with Crippen LogP contribution in [0, 0.1) is 10.1 Å². The minimum atomic E-state index is -1.25. The predicted octanol–water partition coefficient (Wildman–Crippen LogP) is 3.22. The molecule has 0 aliphatic carbocycles. The lowest BCUT2D eigenvalue weighted by molar-refractivity contribution is -0.385. The molecule has 2 rings (SSSR count). The normalized spacial score (nSPS) is 10.1. The molecule has 0 aliphatic rings. The third-order valence-corrected chi connectivity index (χ3v) is 3.66. The van der Waals surface area contributed by atoms with Gasteiger partial charge in [-0.1, -0.05) is 11.6 Å². The van der Waals surface area contributed by atoms with Crippen LogP contribution in [0.5, 0.6) is 11.5 Å². The third kappa shape index (κ3) is 3.83. The summed E-state index contributed by atoms with van der Waals surface area (Å²) in [6.07, 6.45) is 0. The number of hydrogen-bond donors (Lipinski definition) is 2. The molecule has 2 aromatic carbocycles. The maximum absolute atomic E-state index is 12.4. The van der Waals surface area contributed by atoms with Crippen molar-refractivity contribution in [3.63, 3.8) is 0 Å². The summed E-state index contributed by atoms with van der Waals surface area (Å²) < 4.78 is 9.96. The molecule has 0 saturated heterocycles. The maximum Gasteiger partial charge on any atom is 0.335 e. The second-order valence-electron chi connectivity index (χ2n) is 4.94. The maximum atomic E-state index is 12.4. The van der Waals surface area contributed by atoms with Crippen molar-refractivity contribution in [2.75, 3.05) is 19.5 Å². The van der Waals surface area contributed by atoms with E-state index >= 15 is 0 Å². The zero-order chi connectivity index (χ0) is 19.4. The number of benzene rings is 2. The largest absolute Gasteiger partial charge is 0.493 e.